The van der Waals surface area contributed by atoms with Crippen molar-refractivity contribution >= 4 is 11.9 Å². The number of esters is 1. The lowest BCUT2D eigenvalue weighted by atomic mass is 9.79. The number of benzene rings is 2. The molecule has 0 bridgehead atoms. The standard InChI is InChI=1S/C21H21NO4/c1-3-25-21(24)20-14(2)22-19(23)13-18(20)15-8-7-11-17(12-15)26-16-9-5-4-6-10-16/h4-12,18,20H,2-3,13H2,1H3,(H,22,23). The van der Waals surface area contributed by atoms with Gasteiger partial charge in [-0.15, -0.1) is 0 Å². The SMILES string of the molecule is C=C1NC(=O)CC(c2cccc(Oc3ccccc3)c2)C1C(=O)OCC. The largest absolute Gasteiger partial charge is 0.465 e. The number of hydrogen-bond acceptors (Lipinski definition) is 4. The molecule has 0 saturated carbocycles. The van der Waals surface area contributed by atoms with Gasteiger partial charge in [-0.2, -0.15) is 0 Å². The molecular formula is C21H21NO4. The zero-order valence-electron chi connectivity index (χ0n) is 14.6. The van der Waals surface area contributed by atoms with Crippen LogP contribution in [-0.2, 0) is 14.3 Å². The van der Waals surface area contributed by atoms with E-state index in [2.05, 4.69) is 11.9 Å². The van der Waals surface area contributed by atoms with Gasteiger partial charge in [0.2, 0.25) is 5.91 Å². The van der Waals surface area contributed by atoms with Crippen molar-refractivity contribution in [1.82, 2.24) is 5.32 Å². The van der Waals surface area contributed by atoms with Gasteiger partial charge in [-0.25, -0.2) is 0 Å². The van der Waals surface area contributed by atoms with Crippen LogP contribution in [-0.4, -0.2) is 18.5 Å². The topological polar surface area (TPSA) is 64.6 Å². The molecule has 1 saturated heterocycles. The molecule has 3 rings (SSSR count). The highest BCUT2D eigenvalue weighted by atomic mass is 16.5. The summed E-state index contributed by atoms with van der Waals surface area (Å²) in [6.45, 7) is 5.88. The predicted octanol–water partition coefficient (Wildman–Crippen LogP) is 3.78. The Morgan fingerprint density at radius 2 is 1.88 bits per heavy atom. The molecule has 1 heterocycles. The monoisotopic (exact) mass is 351 g/mol. The van der Waals surface area contributed by atoms with Gasteiger partial charge in [0.1, 0.15) is 17.4 Å². The maximum absolute atomic E-state index is 12.4. The molecule has 2 atom stereocenters. The molecular weight excluding hydrogens is 330 g/mol. The van der Waals surface area contributed by atoms with Crippen LogP contribution in [0.5, 0.6) is 11.5 Å². The van der Waals surface area contributed by atoms with E-state index in [9.17, 15) is 9.59 Å². The van der Waals surface area contributed by atoms with E-state index in [0.717, 1.165) is 11.3 Å². The normalized spacial score (nSPS) is 19.6. The second kappa shape index (κ2) is 7.87. The van der Waals surface area contributed by atoms with E-state index in [0.29, 0.717) is 11.4 Å². The van der Waals surface area contributed by atoms with Gasteiger partial charge in [-0.05, 0) is 36.8 Å². The van der Waals surface area contributed by atoms with Gasteiger partial charge in [0.05, 0.1) is 6.61 Å². The van der Waals surface area contributed by atoms with E-state index >= 15 is 0 Å². The fourth-order valence-electron chi connectivity index (χ4n) is 3.15. The predicted molar refractivity (Wildman–Crippen MR) is 97.7 cm³/mol. The Kier molecular flexibility index (Phi) is 5.37. The maximum Gasteiger partial charge on any atom is 0.315 e. The van der Waals surface area contributed by atoms with Gasteiger partial charge in [-0.3, -0.25) is 9.59 Å². The van der Waals surface area contributed by atoms with Crippen molar-refractivity contribution in [2.75, 3.05) is 6.61 Å². The second-order valence-corrected chi connectivity index (χ2v) is 6.10. The van der Waals surface area contributed by atoms with E-state index in [1.165, 1.54) is 0 Å². The van der Waals surface area contributed by atoms with Crippen LogP contribution in [0.15, 0.2) is 66.9 Å². The van der Waals surface area contributed by atoms with E-state index < -0.39 is 5.92 Å². The minimum Gasteiger partial charge on any atom is -0.465 e. The summed E-state index contributed by atoms with van der Waals surface area (Å²) in [5.74, 6) is -0.119. The fraction of sp³-hybridized carbons (Fsp3) is 0.238. The van der Waals surface area contributed by atoms with Gasteiger partial charge in [-0.1, -0.05) is 36.9 Å². The summed E-state index contributed by atoms with van der Waals surface area (Å²) >= 11 is 0. The van der Waals surface area contributed by atoms with Crippen molar-refractivity contribution in [3.63, 3.8) is 0 Å². The first-order valence-corrected chi connectivity index (χ1v) is 8.56. The molecule has 26 heavy (non-hydrogen) atoms. The highest BCUT2D eigenvalue weighted by Crippen LogP contribution is 2.37. The van der Waals surface area contributed by atoms with Gasteiger partial charge in [0.25, 0.3) is 0 Å². The number of rotatable bonds is 5. The summed E-state index contributed by atoms with van der Waals surface area (Å²) < 4.78 is 11.0. The third-order valence-corrected chi connectivity index (χ3v) is 4.29. The van der Waals surface area contributed by atoms with Gasteiger partial charge < -0.3 is 14.8 Å². The van der Waals surface area contributed by atoms with Crippen LogP contribution in [0.3, 0.4) is 0 Å². The summed E-state index contributed by atoms with van der Waals surface area (Å²) in [7, 11) is 0. The van der Waals surface area contributed by atoms with Crippen LogP contribution < -0.4 is 10.1 Å². The van der Waals surface area contributed by atoms with Gasteiger partial charge >= 0.3 is 5.97 Å². The molecule has 1 fully saturated rings. The Labute approximate surface area is 152 Å². The summed E-state index contributed by atoms with van der Waals surface area (Å²) in [5.41, 5.74) is 1.21. The molecule has 1 N–H and O–H groups in total. The maximum atomic E-state index is 12.4. The molecule has 2 aromatic carbocycles. The van der Waals surface area contributed by atoms with Crippen molar-refractivity contribution < 1.29 is 19.1 Å². The second-order valence-electron chi connectivity index (χ2n) is 6.10. The molecule has 0 aliphatic carbocycles. The Morgan fingerprint density at radius 3 is 2.62 bits per heavy atom. The summed E-state index contributed by atoms with van der Waals surface area (Å²) in [4.78, 5) is 24.4. The number of nitrogens with one attached hydrogen (secondary N) is 1. The minimum absolute atomic E-state index is 0.157. The molecule has 2 aromatic rings. The molecule has 1 aliphatic rings. The van der Waals surface area contributed by atoms with Crippen LogP contribution in [0.25, 0.3) is 0 Å². The highest BCUT2D eigenvalue weighted by molar-refractivity contribution is 5.86. The quantitative estimate of drug-likeness (QED) is 0.833. The molecule has 134 valence electrons. The number of carbonyl (C=O) groups excluding carboxylic acids is 2. The minimum atomic E-state index is -0.611. The Hall–Kier alpha value is -3.08. The van der Waals surface area contributed by atoms with Crippen LogP contribution in [0, 0.1) is 5.92 Å². The van der Waals surface area contributed by atoms with Crippen LogP contribution in [0.2, 0.25) is 0 Å². The first-order chi connectivity index (χ1) is 12.6. The van der Waals surface area contributed by atoms with E-state index in [1.54, 1.807) is 6.92 Å². The van der Waals surface area contributed by atoms with Crippen molar-refractivity contribution in [3.8, 4) is 11.5 Å². The van der Waals surface area contributed by atoms with Crippen molar-refractivity contribution in [2.45, 2.75) is 19.3 Å². The average molecular weight is 351 g/mol. The molecule has 1 amide bonds. The lowest BCUT2D eigenvalue weighted by Gasteiger charge is -2.32. The summed E-state index contributed by atoms with van der Waals surface area (Å²) in [6.07, 6.45) is 0.192. The summed E-state index contributed by atoms with van der Waals surface area (Å²) in [6, 6.07) is 16.9. The fourth-order valence-corrected chi connectivity index (χ4v) is 3.15. The Bertz CT molecular complexity index is 816. The van der Waals surface area contributed by atoms with Crippen molar-refractivity contribution in [2.24, 2.45) is 5.92 Å². The van der Waals surface area contributed by atoms with Crippen LogP contribution >= 0.6 is 0 Å². The number of ether oxygens (including phenoxy) is 2. The van der Waals surface area contributed by atoms with E-state index in [1.807, 2.05) is 54.6 Å². The average Bonchev–Trinajstić information content (AvgIpc) is 2.62. The molecule has 5 nitrogen and oxygen atoms in total. The zero-order chi connectivity index (χ0) is 18.5. The Balaban J connectivity index is 1.89. The number of carbonyl (C=O) groups is 2. The lowest BCUT2D eigenvalue weighted by molar-refractivity contribution is -0.148. The molecule has 0 radical (unpaired) electrons. The van der Waals surface area contributed by atoms with Gasteiger partial charge in [0, 0.05) is 18.0 Å². The summed E-state index contributed by atoms with van der Waals surface area (Å²) in [5, 5.41) is 2.66. The lowest BCUT2D eigenvalue weighted by Crippen LogP contribution is -2.41. The molecule has 5 heteroatoms. The van der Waals surface area contributed by atoms with Crippen LogP contribution in [0.1, 0.15) is 24.8 Å². The molecule has 1 aliphatic heterocycles. The van der Waals surface area contributed by atoms with E-state index in [-0.39, 0.29) is 30.8 Å². The first kappa shape index (κ1) is 17.7. The molecule has 0 spiro atoms. The van der Waals surface area contributed by atoms with Crippen molar-refractivity contribution in [1.29, 1.82) is 0 Å². The number of hydrogen-bond donors (Lipinski definition) is 1. The van der Waals surface area contributed by atoms with Gasteiger partial charge in [0.15, 0.2) is 0 Å². The highest BCUT2D eigenvalue weighted by Gasteiger charge is 2.39. The van der Waals surface area contributed by atoms with E-state index in [4.69, 9.17) is 9.47 Å². The number of piperidine rings is 1. The number of para-hydroxylation sites is 1. The number of amides is 1. The third kappa shape index (κ3) is 3.94. The first-order valence-electron chi connectivity index (χ1n) is 8.56. The van der Waals surface area contributed by atoms with Crippen LogP contribution in [0.4, 0.5) is 0 Å². The third-order valence-electron chi connectivity index (χ3n) is 4.29. The molecule has 2 unspecified atom stereocenters. The molecule has 0 aromatic heterocycles. The van der Waals surface area contributed by atoms with Crippen molar-refractivity contribution in [3.05, 3.63) is 72.4 Å². The Morgan fingerprint density at radius 1 is 1.15 bits per heavy atom. The smallest absolute Gasteiger partial charge is 0.315 e. The zero-order valence-corrected chi connectivity index (χ0v) is 14.6.